The van der Waals surface area contributed by atoms with Crippen LogP contribution in [0, 0.1) is 5.82 Å². The summed E-state index contributed by atoms with van der Waals surface area (Å²) in [5.74, 6) is -0.863. The minimum Gasteiger partial charge on any atom is -0.397 e. The lowest BCUT2D eigenvalue weighted by molar-refractivity contribution is -0.115. The summed E-state index contributed by atoms with van der Waals surface area (Å²) in [4.78, 5) is 25.8. The number of carbonyl (C=O) groups is 2. The number of benzene rings is 4. The van der Waals surface area contributed by atoms with Crippen LogP contribution in [0.4, 0.5) is 15.8 Å². The quantitative estimate of drug-likeness (QED) is 0.165. The van der Waals surface area contributed by atoms with E-state index in [1.165, 1.54) is 12.1 Å². The van der Waals surface area contributed by atoms with Crippen LogP contribution in [-0.4, -0.2) is 17.9 Å². The zero-order chi connectivity index (χ0) is 25.8. The van der Waals surface area contributed by atoms with E-state index in [9.17, 15) is 14.0 Å². The van der Waals surface area contributed by atoms with Gasteiger partial charge in [-0.15, -0.1) is 0 Å². The van der Waals surface area contributed by atoms with Crippen molar-refractivity contribution in [1.29, 1.82) is 0 Å². The second-order valence-corrected chi connectivity index (χ2v) is 9.06. The molecule has 0 spiro atoms. The molecule has 184 valence electrons. The zero-order valence-electron chi connectivity index (χ0n) is 20.1. The molecule has 2 amide bonds. The lowest BCUT2D eigenvalue weighted by atomic mass is 10.0. The van der Waals surface area contributed by atoms with Gasteiger partial charge in [0.1, 0.15) is 5.82 Å². The summed E-state index contributed by atoms with van der Waals surface area (Å²) in [7, 11) is 0. The van der Waals surface area contributed by atoms with E-state index in [4.69, 9.17) is 5.73 Å². The third kappa shape index (κ3) is 5.93. The van der Waals surface area contributed by atoms with Gasteiger partial charge in [0, 0.05) is 17.2 Å². The number of halogens is 1. The minimum absolute atomic E-state index is 0.190. The molecule has 0 atom stereocenters. The molecule has 0 heterocycles. The second kappa shape index (κ2) is 10.5. The molecule has 0 saturated heterocycles. The smallest absolute Gasteiger partial charge is 0.255 e. The number of hydrogen-bond acceptors (Lipinski definition) is 3. The second-order valence-electron chi connectivity index (χ2n) is 9.06. The van der Waals surface area contributed by atoms with Gasteiger partial charge in [0.15, 0.2) is 0 Å². The van der Waals surface area contributed by atoms with Crippen molar-refractivity contribution >= 4 is 34.8 Å². The standard InChI is InChI=1S/C31H26FN3O2/c32-25-13-10-22(11-14-25)27(31(37)34-26-15-16-26)18-20-6-8-23(9-7-20)30(36)35-29-19-24(12-17-28(29)33)21-4-2-1-3-5-21/h1-14,17-19,26H,15-16,33H2,(H,34,37)(H,35,36)/b27-18-. The van der Waals surface area contributed by atoms with E-state index in [0.717, 1.165) is 29.5 Å². The third-order valence-electron chi connectivity index (χ3n) is 6.20. The van der Waals surface area contributed by atoms with E-state index in [1.807, 2.05) is 42.5 Å². The first-order valence-corrected chi connectivity index (χ1v) is 12.1. The summed E-state index contributed by atoms with van der Waals surface area (Å²) in [6.07, 6.45) is 3.67. The number of carbonyl (C=O) groups excluding carboxylic acids is 2. The largest absolute Gasteiger partial charge is 0.397 e. The average Bonchev–Trinajstić information content (AvgIpc) is 3.74. The van der Waals surface area contributed by atoms with E-state index in [1.54, 1.807) is 48.5 Å². The maximum Gasteiger partial charge on any atom is 0.255 e. The molecule has 4 aromatic rings. The fourth-order valence-corrected chi connectivity index (χ4v) is 3.97. The van der Waals surface area contributed by atoms with Crippen LogP contribution < -0.4 is 16.4 Å². The summed E-state index contributed by atoms with van der Waals surface area (Å²) in [6, 6.07) is 28.4. The van der Waals surface area contributed by atoms with Gasteiger partial charge in [-0.1, -0.05) is 60.7 Å². The van der Waals surface area contributed by atoms with Gasteiger partial charge in [0.2, 0.25) is 0 Å². The number of hydrogen-bond donors (Lipinski definition) is 3. The van der Waals surface area contributed by atoms with Crippen molar-refractivity contribution in [1.82, 2.24) is 5.32 Å². The lowest BCUT2D eigenvalue weighted by Gasteiger charge is -2.11. The first-order chi connectivity index (χ1) is 18.0. The maximum atomic E-state index is 13.4. The SMILES string of the molecule is Nc1ccc(-c2ccccc2)cc1NC(=O)c1ccc(/C=C(\C(=O)NC2CC2)c2ccc(F)cc2)cc1. The molecular weight excluding hydrogens is 465 g/mol. The summed E-state index contributed by atoms with van der Waals surface area (Å²) in [5, 5.41) is 5.88. The Hall–Kier alpha value is -4.71. The van der Waals surface area contributed by atoms with Crippen LogP contribution in [0.2, 0.25) is 0 Å². The van der Waals surface area contributed by atoms with Crippen LogP contribution in [0.5, 0.6) is 0 Å². The highest BCUT2D eigenvalue weighted by atomic mass is 19.1. The molecule has 0 aromatic heterocycles. The van der Waals surface area contributed by atoms with Gasteiger partial charge in [-0.25, -0.2) is 4.39 Å². The van der Waals surface area contributed by atoms with Crippen molar-refractivity contribution in [2.75, 3.05) is 11.1 Å². The molecule has 1 aliphatic rings. The Balaban J connectivity index is 1.35. The van der Waals surface area contributed by atoms with Crippen LogP contribution in [0.3, 0.4) is 0 Å². The van der Waals surface area contributed by atoms with Crippen molar-refractivity contribution in [3.05, 3.63) is 120 Å². The Morgan fingerprint density at radius 2 is 1.49 bits per heavy atom. The third-order valence-corrected chi connectivity index (χ3v) is 6.20. The number of nitrogens with two attached hydrogens (primary N) is 1. The van der Waals surface area contributed by atoms with E-state index in [-0.39, 0.29) is 23.7 Å². The Bertz CT molecular complexity index is 1460. The molecule has 5 nitrogen and oxygen atoms in total. The number of amides is 2. The van der Waals surface area contributed by atoms with Crippen molar-refractivity contribution in [2.24, 2.45) is 0 Å². The van der Waals surface area contributed by atoms with Crippen LogP contribution in [0.1, 0.15) is 34.3 Å². The van der Waals surface area contributed by atoms with Crippen molar-refractivity contribution < 1.29 is 14.0 Å². The predicted octanol–water partition coefficient (Wildman–Crippen LogP) is 6.15. The molecule has 6 heteroatoms. The summed E-state index contributed by atoms with van der Waals surface area (Å²) >= 11 is 0. The number of anilines is 2. The van der Waals surface area contributed by atoms with Gasteiger partial charge in [0.05, 0.1) is 11.4 Å². The number of nitrogen functional groups attached to an aromatic ring is 1. The van der Waals surface area contributed by atoms with Crippen molar-refractivity contribution in [2.45, 2.75) is 18.9 Å². The molecule has 5 rings (SSSR count). The first-order valence-electron chi connectivity index (χ1n) is 12.1. The number of nitrogens with one attached hydrogen (secondary N) is 2. The highest BCUT2D eigenvalue weighted by molar-refractivity contribution is 6.24. The molecule has 4 aromatic carbocycles. The lowest BCUT2D eigenvalue weighted by Crippen LogP contribution is -2.26. The van der Waals surface area contributed by atoms with Crippen LogP contribution in [0.25, 0.3) is 22.8 Å². The fraction of sp³-hybridized carbons (Fsp3) is 0.0968. The topological polar surface area (TPSA) is 84.2 Å². The van der Waals surface area contributed by atoms with Crippen molar-refractivity contribution in [3.8, 4) is 11.1 Å². The van der Waals surface area contributed by atoms with Gasteiger partial charge >= 0.3 is 0 Å². The zero-order valence-corrected chi connectivity index (χ0v) is 20.1. The van der Waals surface area contributed by atoms with Crippen LogP contribution in [-0.2, 0) is 4.79 Å². The Morgan fingerprint density at radius 1 is 0.811 bits per heavy atom. The fourth-order valence-electron chi connectivity index (χ4n) is 3.97. The Morgan fingerprint density at radius 3 is 2.16 bits per heavy atom. The van der Waals surface area contributed by atoms with Gasteiger partial charge in [-0.05, 0) is 77.6 Å². The van der Waals surface area contributed by atoms with E-state index in [0.29, 0.717) is 28.1 Å². The molecule has 1 aliphatic carbocycles. The summed E-state index contributed by atoms with van der Waals surface area (Å²) in [6.45, 7) is 0. The van der Waals surface area contributed by atoms with Gasteiger partial charge < -0.3 is 16.4 Å². The average molecular weight is 492 g/mol. The molecule has 4 N–H and O–H groups in total. The van der Waals surface area contributed by atoms with Crippen LogP contribution >= 0.6 is 0 Å². The molecule has 0 aliphatic heterocycles. The normalized spacial score (nSPS) is 13.2. The summed E-state index contributed by atoms with van der Waals surface area (Å²) in [5.41, 5.74) is 11.4. The van der Waals surface area contributed by atoms with E-state index < -0.39 is 0 Å². The molecule has 1 fully saturated rings. The van der Waals surface area contributed by atoms with Crippen LogP contribution in [0.15, 0.2) is 97.1 Å². The Kier molecular flexibility index (Phi) is 6.81. The van der Waals surface area contributed by atoms with Crippen molar-refractivity contribution in [3.63, 3.8) is 0 Å². The molecule has 1 saturated carbocycles. The first kappa shape index (κ1) is 24.0. The molecule has 0 radical (unpaired) electrons. The maximum absolute atomic E-state index is 13.4. The molecule has 0 bridgehead atoms. The molecule has 37 heavy (non-hydrogen) atoms. The highest BCUT2D eigenvalue weighted by Crippen LogP contribution is 2.28. The van der Waals surface area contributed by atoms with Gasteiger partial charge in [-0.2, -0.15) is 0 Å². The predicted molar refractivity (Wildman–Crippen MR) is 146 cm³/mol. The Labute approximate surface area is 214 Å². The van der Waals surface area contributed by atoms with Gasteiger partial charge in [0.25, 0.3) is 11.8 Å². The summed E-state index contributed by atoms with van der Waals surface area (Å²) < 4.78 is 13.4. The van der Waals surface area contributed by atoms with Gasteiger partial charge in [-0.3, -0.25) is 9.59 Å². The van der Waals surface area contributed by atoms with E-state index in [2.05, 4.69) is 10.6 Å². The monoisotopic (exact) mass is 491 g/mol. The van der Waals surface area contributed by atoms with E-state index >= 15 is 0 Å². The number of rotatable bonds is 7. The molecular formula is C31H26FN3O2. The molecule has 0 unspecified atom stereocenters. The minimum atomic E-state index is -0.365. The highest BCUT2D eigenvalue weighted by Gasteiger charge is 2.25.